The summed E-state index contributed by atoms with van der Waals surface area (Å²) in [5.41, 5.74) is 0.301. The van der Waals surface area contributed by atoms with Gasteiger partial charge in [0, 0.05) is 12.7 Å². The summed E-state index contributed by atoms with van der Waals surface area (Å²) in [7, 11) is 0. The smallest absolute Gasteiger partial charge is 0.261 e. The molecule has 3 N–H and O–H groups in total. The van der Waals surface area contributed by atoms with E-state index in [1.54, 1.807) is 13.0 Å². The van der Waals surface area contributed by atoms with Crippen molar-refractivity contribution in [3.05, 3.63) is 33.7 Å². The number of hydrogen-bond acceptors (Lipinski definition) is 3. The van der Waals surface area contributed by atoms with Crippen LogP contribution in [0, 0.1) is 12.8 Å². The van der Waals surface area contributed by atoms with Crippen LogP contribution in [0.5, 0.6) is 0 Å². The number of H-pyrrole nitrogens is 1. The lowest BCUT2D eigenvalue weighted by atomic mass is 10.1. The van der Waals surface area contributed by atoms with Gasteiger partial charge in [0.1, 0.15) is 5.56 Å². The molecule has 0 bridgehead atoms. The summed E-state index contributed by atoms with van der Waals surface area (Å²) in [6.07, 6.45) is 0.888. The maximum atomic E-state index is 11.8. The van der Waals surface area contributed by atoms with Crippen molar-refractivity contribution in [1.82, 2.24) is 10.3 Å². The number of carbonyl (C=O) groups excluding carboxylic acids is 1. The Morgan fingerprint density at radius 3 is 2.71 bits per heavy atom. The number of aliphatic hydroxyl groups is 1. The van der Waals surface area contributed by atoms with Gasteiger partial charge in [-0.05, 0) is 24.5 Å². The molecule has 0 saturated carbocycles. The molecule has 1 aromatic rings. The first-order valence-corrected chi connectivity index (χ1v) is 5.58. The summed E-state index contributed by atoms with van der Waals surface area (Å²) in [6.45, 7) is 5.56. The van der Waals surface area contributed by atoms with Crippen molar-refractivity contribution < 1.29 is 9.90 Å². The van der Waals surface area contributed by atoms with Crippen molar-refractivity contribution in [2.75, 3.05) is 6.54 Å². The zero-order chi connectivity index (χ0) is 13.0. The second-order valence-corrected chi connectivity index (χ2v) is 4.39. The molecule has 1 aromatic heterocycles. The van der Waals surface area contributed by atoms with E-state index < -0.39 is 17.6 Å². The van der Waals surface area contributed by atoms with Gasteiger partial charge in [-0.15, -0.1) is 0 Å². The minimum atomic E-state index is -0.609. The zero-order valence-electron chi connectivity index (χ0n) is 10.3. The second-order valence-electron chi connectivity index (χ2n) is 4.39. The van der Waals surface area contributed by atoms with Crippen molar-refractivity contribution in [2.45, 2.75) is 26.9 Å². The molecule has 0 aliphatic heterocycles. The first-order chi connectivity index (χ1) is 7.93. The normalized spacial score (nSPS) is 12.5. The summed E-state index contributed by atoms with van der Waals surface area (Å²) >= 11 is 0. The van der Waals surface area contributed by atoms with Crippen LogP contribution in [0.4, 0.5) is 0 Å². The maximum absolute atomic E-state index is 11.8. The molecule has 1 atom stereocenters. The highest BCUT2D eigenvalue weighted by Gasteiger charge is 2.15. The predicted octanol–water partition coefficient (Wildman–Crippen LogP) is 0.430. The molecular weight excluding hydrogens is 220 g/mol. The molecule has 5 heteroatoms. The van der Waals surface area contributed by atoms with Gasteiger partial charge in [-0.3, -0.25) is 9.59 Å². The standard InChI is InChI=1S/C12H18N2O3/c1-7(2)9(15)6-14-12(17)10-8(3)4-5-13-11(10)16/h4-5,7,9,15H,6H2,1-3H3,(H,13,16)(H,14,17). The third-order valence-corrected chi connectivity index (χ3v) is 2.64. The number of rotatable bonds is 4. The lowest BCUT2D eigenvalue weighted by molar-refractivity contribution is 0.0869. The average molecular weight is 238 g/mol. The highest BCUT2D eigenvalue weighted by molar-refractivity contribution is 5.95. The van der Waals surface area contributed by atoms with Crippen LogP contribution in [0.15, 0.2) is 17.1 Å². The van der Waals surface area contributed by atoms with Crippen molar-refractivity contribution in [2.24, 2.45) is 5.92 Å². The number of aromatic nitrogens is 1. The molecule has 5 nitrogen and oxygen atoms in total. The van der Waals surface area contributed by atoms with Gasteiger partial charge in [-0.1, -0.05) is 13.8 Å². The summed E-state index contributed by atoms with van der Waals surface area (Å²) in [5, 5.41) is 12.1. The summed E-state index contributed by atoms with van der Waals surface area (Å²) < 4.78 is 0. The van der Waals surface area contributed by atoms with Gasteiger partial charge in [0.05, 0.1) is 6.10 Å². The van der Waals surface area contributed by atoms with E-state index >= 15 is 0 Å². The molecule has 0 fully saturated rings. The van der Waals surface area contributed by atoms with E-state index in [9.17, 15) is 14.7 Å². The van der Waals surface area contributed by atoms with Crippen molar-refractivity contribution >= 4 is 5.91 Å². The topological polar surface area (TPSA) is 82.2 Å². The highest BCUT2D eigenvalue weighted by atomic mass is 16.3. The maximum Gasteiger partial charge on any atom is 0.261 e. The summed E-state index contributed by atoms with van der Waals surface area (Å²) in [4.78, 5) is 25.7. The molecule has 0 aliphatic rings. The third-order valence-electron chi connectivity index (χ3n) is 2.64. The monoisotopic (exact) mass is 238 g/mol. The highest BCUT2D eigenvalue weighted by Crippen LogP contribution is 2.02. The summed E-state index contributed by atoms with van der Waals surface area (Å²) in [6, 6.07) is 1.66. The Kier molecular flexibility index (Phi) is 4.45. The molecule has 17 heavy (non-hydrogen) atoms. The van der Waals surface area contributed by atoms with Crippen LogP contribution >= 0.6 is 0 Å². The number of aliphatic hydroxyl groups excluding tert-OH is 1. The minimum absolute atomic E-state index is 0.0606. The fourth-order valence-electron chi connectivity index (χ4n) is 1.38. The fraction of sp³-hybridized carbons (Fsp3) is 0.500. The first kappa shape index (κ1) is 13.4. The Labute approximate surface area is 99.9 Å². The van der Waals surface area contributed by atoms with E-state index in [-0.39, 0.29) is 18.0 Å². The van der Waals surface area contributed by atoms with Gasteiger partial charge in [-0.2, -0.15) is 0 Å². The van der Waals surface area contributed by atoms with Gasteiger partial charge < -0.3 is 15.4 Å². The minimum Gasteiger partial charge on any atom is -0.391 e. The molecular formula is C12H18N2O3. The van der Waals surface area contributed by atoms with Crippen LogP contribution in [-0.4, -0.2) is 28.6 Å². The molecule has 94 valence electrons. The van der Waals surface area contributed by atoms with Crippen molar-refractivity contribution in [1.29, 1.82) is 0 Å². The number of aryl methyl sites for hydroxylation is 1. The van der Waals surface area contributed by atoms with Gasteiger partial charge in [0.15, 0.2) is 0 Å². The predicted molar refractivity (Wildman–Crippen MR) is 65.0 cm³/mol. The van der Waals surface area contributed by atoms with Crippen molar-refractivity contribution in [3.8, 4) is 0 Å². The van der Waals surface area contributed by atoms with Crippen LogP contribution in [0.1, 0.15) is 29.8 Å². The SMILES string of the molecule is Cc1cc[nH]c(=O)c1C(=O)NCC(O)C(C)C. The molecule has 0 aliphatic carbocycles. The summed E-state index contributed by atoms with van der Waals surface area (Å²) in [5.74, 6) is -0.394. The third kappa shape index (κ3) is 3.42. The number of nitrogens with one attached hydrogen (secondary N) is 2. The Morgan fingerprint density at radius 2 is 2.18 bits per heavy atom. The number of carbonyl (C=O) groups is 1. The number of aromatic amines is 1. The lowest BCUT2D eigenvalue weighted by Gasteiger charge is -2.15. The Hall–Kier alpha value is -1.62. The molecule has 0 spiro atoms. The first-order valence-electron chi connectivity index (χ1n) is 5.58. The van der Waals surface area contributed by atoms with Crippen LogP contribution in [-0.2, 0) is 0 Å². The van der Waals surface area contributed by atoms with Gasteiger partial charge in [0.2, 0.25) is 0 Å². The lowest BCUT2D eigenvalue weighted by Crippen LogP contribution is -2.37. The Morgan fingerprint density at radius 1 is 1.53 bits per heavy atom. The van der Waals surface area contributed by atoms with E-state index in [0.717, 1.165) is 0 Å². The van der Waals surface area contributed by atoms with Crippen LogP contribution < -0.4 is 10.9 Å². The average Bonchev–Trinajstić information content (AvgIpc) is 2.25. The molecule has 1 amide bonds. The van der Waals surface area contributed by atoms with Crippen LogP contribution in [0.2, 0.25) is 0 Å². The van der Waals surface area contributed by atoms with Gasteiger partial charge in [-0.25, -0.2) is 0 Å². The van der Waals surface area contributed by atoms with E-state index in [1.165, 1.54) is 6.20 Å². The van der Waals surface area contributed by atoms with Crippen molar-refractivity contribution in [3.63, 3.8) is 0 Å². The van der Waals surface area contributed by atoms with Crippen LogP contribution in [0.25, 0.3) is 0 Å². The Balaban J connectivity index is 2.75. The van der Waals surface area contributed by atoms with E-state index in [2.05, 4.69) is 10.3 Å². The number of pyridine rings is 1. The van der Waals surface area contributed by atoms with E-state index in [1.807, 2.05) is 13.8 Å². The molecule has 0 saturated heterocycles. The fourth-order valence-corrected chi connectivity index (χ4v) is 1.38. The number of amides is 1. The van der Waals surface area contributed by atoms with E-state index in [4.69, 9.17) is 0 Å². The molecule has 0 aromatic carbocycles. The zero-order valence-corrected chi connectivity index (χ0v) is 10.3. The number of hydrogen-bond donors (Lipinski definition) is 3. The quantitative estimate of drug-likeness (QED) is 0.711. The Bertz CT molecular complexity index is 451. The van der Waals surface area contributed by atoms with Gasteiger partial charge in [0.25, 0.3) is 11.5 Å². The molecule has 0 radical (unpaired) electrons. The van der Waals surface area contributed by atoms with Crippen LogP contribution in [0.3, 0.4) is 0 Å². The van der Waals surface area contributed by atoms with Gasteiger partial charge >= 0.3 is 0 Å². The molecule has 1 rings (SSSR count). The molecule has 1 unspecified atom stereocenters. The second kappa shape index (κ2) is 5.63. The molecule has 1 heterocycles. The largest absolute Gasteiger partial charge is 0.391 e. The van der Waals surface area contributed by atoms with E-state index in [0.29, 0.717) is 5.56 Å².